The second-order valence-electron chi connectivity index (χ2n) is 4.66. The van der Waals surface area contributed by atoms with Crippen molar-refractivity contribution in [1.29, 1.82) is 0 Å². The quantitative estimate of drug-likeness (QED) is 0.657. The summed E-state index contributed by atoms with van der Waals surface area (Å²) in [4.78, 5) is 14.7. The second-order valence-corrected chi connectivity index (χ2v) is 4.66. The number of carboxylic acid groups (broad SMARTS) is 1. The Morgan fingerprint density at radius 1 is 1.20 bits per heavy atom. The summed E-state index contributed by atoms with van der Waals surface area (Å²) in [5.41, 5.74) is 0. The Labute approximate surface area is 92.9 Å². The Kier molecular flexibility index (Phi) is 7.34. The van der Waals surface area contributed by atoms with Crippen LogP contribution in [0.4, 0.5) is 0 Å². The van der Waals surface area contributed by atoms with Crippen LogP contribution in [0.1, 0.15) is 20.3 Å². The van der Waals surface area contributed by atoms with E-state index in [0.29, 0.717) is 5.92 Å². The maximum atomic E-state index is 10.6. The van der Waals surface area contributed by atoms with Crippen LogP contribution in [0, 0.1) is 5.92 Å². The Balaban J connectivity index is 3.89. The number of likely N-dealkylation sites (N-methyl/N-ethyl adjacent to an activating group) is 1. The van der Waals surface area contributed by atoms with Gasteiger partial charge in [-0.25, -0.2) is 0 Å². The highest BCUT2D eigenvalue weighted by Gasteiger charge is 2.10. The van der Waals surface area contributed by atoms with E-state index >= 15 is 0 Å². The van der Waals surface area contributed by atoms with E-state index in [2.05, 4.69) is 18.7 Å². The molecule has 0 unspecified atom stereocenters. The summed E-state index contributed by atoms with van der Waals surface area (Å²) in [6.45, 7) is 7.07. The molecule has 0 saturated heterocycles. The van der Waals surface area contributed by atoms with Crippen LogP contribution in [0.2, 0.25) is 0 Å². The van der Waals surface area contributed by atoms with Crippen LogP contribution in [0.15, 0.2) is 0 Å². The fraction of sp³-hybridized carbons (Fsp3) is 0.909. The van der Waals surface area contributed by atoms with Gasteiger partial charge in [0.1, 0.15) is 0 Å². The summed E-state index contributed by atoms with van der Waals surface area (Å²) in [5, 5.41) is 8.76. The molecule has 0 rings (SSSR count). The smallest absolute Gasteiger partial charge is 0.317 e. The van der Waals surface area contributed by atoms with Gasteiger partial charge in [0.15, 0.2) is 0 Å². The van der Waals surface area contributed by atoms with Crippen LogP contribution < -0.4 is 0 Å². The molecule has 0 radical (unpaired) electrons. The first-order valence-electron chi connectivity index (χ1n) is 5.50. The Bertz CT molecular complexity index is 169. The largest absolute Gasteiger partial charge is 0.480 e. The Morgan fingerprint density at radius 2 is 1.80 bits per heavy atom. The van der Waals surface area contributed by atoms with E-state index in [9.17, 15) is 4.79 Å². The van der Waals surface area contributed by atoms with Gasteiger partial charge in [0.2, 0.25) is 0 Å². The summed E-state index contributed by atoms with van der Waals surface area (Å²) in [7, 11) is 4.00. The third-order valence-electron chi connectivity index (χ3n) is 2.24. The topological polar surface area (TPSA) is 43.8 Å². The molecule has 0 fully saturated rings. The molecule has 4 nitrogen and oxygen atoms in total. The van der Waals surface area contributed by atoms with Crippen molar-refractivity contribution in [3.05, 3.63) is 0 Å². The van der Waals surface area contributed by atoms with Gasteiger partial charge >= 0.3 is 5.97 Å². The van der Waals surface area contributed by atoms with Gasteiger partial charge in [-0.3, -0.25) is 9.69 Å². The standard InChI is InChI=1S/C11H24N2O2/c1-10(2)5-6-13(9-11(14)15)8-7-12(3)4/h10H,5-9H2,1-4H3,(H,14,15). The molecule has 0 bridgehead atoms. The highest BCUT2D eigenvalue weighted by Crippen LogP contribution is 2.01. The van der Waals surface area contributed by atoms with E-state index in [-0.39, 0.29) is 6.54 Å². The lowest BCUT2D eigenvalue weighted by Crippen LogP contribution is -2.36. The van der Waals surface area contributed by atoms with Crippen LogP contribution in [-0.4, -0.2) is 61.2 Å². The molecule has 0 aromatic heterocycles. The summed E-state index contributed by atoms with van der Waals surface area (Å²) in [5.74, 6) is -0.113. The number of hydrogen-bond donors (Lipinski definition) is 1. The zero-order chi connectivity index (χ0) is 11.8. The van der Waals surface area contributed by atoms with Crippen molar-refractivity contribution in [1.82, 2.24) is 9.80 Å². The van der Waals surface area contributed by atoms with Crippen LogP contribution >= 0.6 is 0 Å². The fourth-order valence-corrected chi connectivity index (χ4v) is 1.24. The number of nitrogens with zero attached hydrogens (tertiary/aromatic N) is 2. The van der Waals surface area contributed by atoms with Crippen LogP contribution in [0.5, 0.6) is 0 Å². The van der Waals surface area contributed by atoms with Crippen molar-refractivity contribution >= 4 is 5.97 Å². The van der Waals surface area contributed by atoms with Crippen molar-refractivity contribution < 1.29 is 9.90 Å². The normalized spacial score (nSPS) is 11.7. The van der Waals surface area contributed by atoms with Gasteiger partial charge in [-0.05, 0) is 33.0 Å². The maximum Gasteiger partial charge on any atom is 0.317 e. The number of rotatable bonds is 8. The van der Waals surface area contributed by atoms with E-state index in [0.717, 1.165) is 26.1 Å². The number of aliphatic carboxylic acids is 1. The van der Waals surface area contributed by atoms with Gasteiger partial charge in [-0.1, -0.05) is 13.8 Å². The first-order valence-corrected chi connectivity index (χ1v) is 5.50. The number of carbonyl (C=O) groups is 1. The van der Waals surface area contributed by atoms with Crippen LogP contribution in [0.3, 0.4) is 0 Å². The number of hydrogen-bond acceptors (Lipinski definition) is 3. The highest BCUT2D eigenvalue weighted by atomic mass is 16.4. The molecule has 0 atom stereocenters. The lowest BCUT2D eigenvalue weighted by Gasteiger charge is -2.22. The average molecular weight is 216 g/mol. The molecule has 1 N–H and O–H groups in total. The zero-order valence-electron chi connectivity index (χ0n) is 10.4. The predicted octanol–water partition coefficient (Wildman–Crippen LogP) is 0.981. The third-order valence-corrected chi connectivity index (χ3v) is 2.24. The van der Waals surface area contributed by atoms with E-state index in [1.165, 1.54) is 0 Å². The van der Waals surface area contributed by atoms with E-state index < -0.39 is 5.97 Å². The lowest BCUT2D eigenvalue weighted by molar-refractivity contribution is -0.138. The number of carboxylic acids is 1. The van der Waals surface area contributed by atoms with Crippen molar-refractivity contribution in [2.24, 2.45) is 5.92 Å². The molecule has 0 aromatic carbocycles. The molecule has 4 heteroatoms. The molecule has 0 aromatic rings. The fourth-order valence-electron chi connectivity index (χ4n) is 1.24. The summed E-state index contributed by atoms with van der Waals surface area (Å²) < 4.78 is 0. The van der Waals surface area contributed by atoms with Crippen molar-refractivity contribution in [3.8, 4) is 0 Å². The van der Waals surface area contributed by atoms with Gasteiger partial charge in [0, 0.05) is 13.1 Å². The highest BCUT2D eigenvalue weighted by molar-refractivity contribution is 5.69. The molecule has 0 saturated carbocycles. The Hall–Kier alpha value is -0.610. The lowest BCUT2D eigenvalue weighted by atomic mass is 10.1. The minimum atomic E-state index is -0.738. The minimum Gasteiger partial charge on any atom is -0.480 e. The Morgan fingerprint density at radius 3 is 2.20 bits per heavy atom. The maximum absolute atomic E-state index is 10.6. The van der Waals surface area contributed by atoms with Gasteiger partial charge in [-0.15, -0.1) is 0 Å². The molecular formula is C11H24N2O2. The first-order chi connectivity index (χ1) is 6.91. The average Bonchev–Trinajstić information content (AvgIpc) is 2.08. The molecule has 0 aliphatic rings. The van der Waals surface area contributed by atoms with E-state index in [1.807, 2.05) is 19.0 Å². The molecule has 90 valence electrons. The van der Waals surface area contributed by atoms with Crippen LogP contribution in [0.25, 0.3) is 0 Å². The minimum absolute atomic E-state index is 0.153. The van der Waals surface area contributed by atoms with E-state index in [1.54, 1.807) is 0 Å². The third kappa shape index (κ3) is 9.69. The summed E-state index contributed by atoms with van der Waals surface area (Å²) >= 11 is 0. The monoisotopic (exact) mass is 216 g/mol. The molecule has 0 heterocycles. The second kappa shape index (κ2) is 7.65. The summed E-state index contributed by atoms with van der Waals surface area (Å²) in [6.07, 6.45) is 1.06. The first kappa shape index (κ1) is 14.4. The molecule has 0 amide bonds. The van der Waals surface area contributed by atoms with Crippen molar-refractivity contribution in [2.75, 3.05) is 40.3 Å². The molecule has 0 aliphatic heterocycles. The van der Waals surface area contributed by atoms with E-state index in [4.69, 9.17) is 5.11 Å². The SMILES string of the molecule is CC(C)CCN(CCN(C)C)CC(=O)O. The van der Waals surface area contributed by atoms with Gasteiger partial charge in [0.05, 0.1) is 6.54 Å². The molecule has 15 heavy (non-hydrogen) atoms. The van der Waals surface area contributed by atoms with Gasteiger partial charge < -0.3 is 10.0 Å². The van der Waals surface area contributed by atoms with Crippen LogP contribution in [-0.2, 0) is 4.79 Å². The predicted molar refractivity (Wildman–Crippen MR) is 62.1 cm³/mol. The van der Waals surface area contributed by atoms with Gasteiger partial charge in [-0.2, -0.15) is 0 Å². The summed E-state index contributed by atoms with van der Waals surface area (Å²) in [6, 6.07) is 0. The molecule has 0 aliphatic carbocycles. The molecule has 0 spiro atoms. The zero-order valence-corrected chi connectivity index (χ0v) is 10.4. The van der Waals surface area contributed by atoms with Crippen molar-refractivity contribution in [2.45, 2.75) is 20.3 Å². The van der Waals surface area contributed by atoms with Gasteiger partial charge in [0.25, 0.3) is 0 Å². The molecular weight excluding hydrogens is 192 g/mol. The van der Waals surface area contributed by atoms with Crippen molar-refractivity contribution in [3.63, 3.8) is 0 Å².